The van der Waals surface area contributed by atoms with Crippen molar-refractivity contribution in [3.05, 3.63) is 29.8 Å². The van der Waals surface area contributed by atoms with E-state index in [9.17, 15) is 28.0 Å². The van der Waals surface area contributed by atoms with Crippen molar-refractivity contribution >= 4 is 23.7 Å². The predicted octanol–water partition coefficient (Wildman–Crippen LogP) is 2.27. The number of esters is 1. The van der Waals surface area contributed by atoms with Gasteiger partial charge in [-0.15, -0.1) is 0 Å². The molecule has 0 aromatic heterocycles. The molecule has 1 aromatic rings. The predicted molar refractivity (Wildman–Crippen MR) is 94.4 cm³/mol. The highest BCUT2D eigenvalue weighted by atomic mass is 19.3. The van der Waals surface area contributed by atoms with Gasteiger partial charge in [0.05, 0.1) is 0 Å². The highest BCUT2D eigenvalue weighted by Gasteiger charge is 2.52. The Bertz CT molecular complexity index is 820. The van der Waals surface area contributed by atoms with E-state index >= 15 is 0 Å². The lowest BCUT2D eigenvalue weighted by atomic mass is 9.98. The van der Waals surface area contributed by atoms with E-state index in [1.54, 1.807) is 0 Å². The lowest BCUT2D eigenvalue weighted by Crippen LogP contribution is -2.44. The molecule has 156 valence electrons. The molecule has 2 fully saturated rings. The van der Waals surface area contributed by atoms with Crippen LogP contribution in [0.15, 0.2) is 24.3 Å². The second kappa shape index (κ2) is 8.14. The molecule has 1 atom stereocenters. The molecule has 8 nitrogen and oxygen atoms in total. The largest absolute Gasteiger partial charge is 0.453 e. The van der Waals surface area contributed by atoms with Crippen molar-refractivity contribution in [2.24, 2.45) is 0 Å². The van der Waals surface area contributed by atoms with Crippen LogP contribution in [0.25, 0.3) is 0 Å². The smallest absolute Gasteiger partial charge is 0.387 e. The zero-order valence-corrected chi connectivity index (χ0v) is 15.7. The van der Waals surface area contributed by atoms with Gasteiger partial charge in [0.2, 0.25) is 5.78 Å². The van der Waals surface area contributed by atoms with Gasteiger partial charge < -0.3 is 14.8 Å². The summed E-state index contributed by atoms with van der Waals surface area (Å²) < 4.78 is 33.6. The molecule has 1 N–H and O–H groups in total. The van der Waals surface area contributed by atoms with Gasteiger partial charge in [-0.3, -0.25) is 19.3 Å². The number of nitrogens with one attached hydrogen (secondary N) is 1. The van der Waals surface area contributed by atoms with Crippen LogP contribution in [0, 0.1) is 0 Å². The Hall–Kier alpha value is -3.04. The lowest BCUT2D eigenvalue weighted by molar-refractivity contribution is -0.149. The zero-order valence-electron chi connectivity index (χ0n) is 15.7. The standard InChI is InChI=1S/C19H20F2N2O6/c1-11(15(25)12-4-6-13(7-5-12)29-17(20)21)28-14(24)10-23-16(26)19(22-18(23)27)8-2-3-9-19/h4-7,11,17H,2-3,8-10H2,1H3,(H,22,27)/t11-/m0/s1. The first-order valence-electron chi connectivity index (χ1n) is 9.14. The summed E-state index contributed by atoms with van der Waals surface area (Å²) in [7, 11) is 0. The Morgan fingerprint density at radius 3 is 2.38 bits per heavy atom. The average Bonchev–Trinajstić information content (AvgIpc) is 3.22. The Morgan fingerprint density at radius 1 is 1.17 bits per heavy atom. The third-order valence-electron chi connectivity index (χ3n) is 5.03. The topological polar surface area (TPSA) is 102 Å². The molecule has 0 radical (unpaired) electrons. The molecule has 0 unspecified atom stereocenters. The van der Waals surface area contributed by atoms with E-state index < -0.39 is 48.5 Å². The second-order valence-corrected chi connectivity index (χ2v) is 7.01. The number of ether oxygens (including phenoxy) is 2. The van der Waals surface area contributed by atoms with Gasteiger partial charge in [0.15, 0.2) is 6.10 Å². The van der Waals surface area contributed by atoms with Gasteiger partial charge in [-0.25, -0.2) is 4.79 Å². The molecule has 0 bridgehead atoms. The SMILES string of the molecule is C[C@H](OC(=O)CN1C(=O)NC2(CCCC2)C1=O)C(=O)c1ccc(OC(F)F)cc1. The van der Waals surface area contributed by atoms with Gasteiger partial charge in [-0.1, -0.05) is 12.8 Å². The van der Waals surface area contributed by atoms with Crippen LogP contribution in [0.4, 0.5) is 13.6 Å². The van der Waals surface area contributed by atoms with Gasteiger partial charge in [0.25, 0.3) is 5.91 Å². The number of imide groups is 1. The minimum Gasteiger partial charge on any atom is -0.453 e. The summed E-state index contributed by atoms with van der Waals surface area (Å²) in [5, 5.41) is 2.65. The number of ketones is 1. The molecule has 1 saturated heterocycles. The Labute approximate surface area is 165 Å². The zero-order chi connectivity index (χ0) is 21.2. The van der Waals surface area contributed by atoms with E-state index in [4.69, 9.17) is 4.74 Å². The maximum absolute atomic E-state index is 12.5. The number of Topliss-reactive ketones (excluding diaryl/α,β-unsaturated/α-hetero) is 1. The highest BCUT2D eigenvalue weighted by Crippen LogP contribution is 2.34. The molecule has 1 spiro atoms. The molecule has 1 aliphatic heterocycles. The fourth-order valence-corrected chi connectivity index (χ4v) is 3.59. The number of alkyl halides is 2. The maximum Gasteiger partial charge on any atom is 0.387 e. The lowest BCUT2D eigenvalue weighted by Gasteiger charge is -2.20. The van der Waals surface area contributed by atoms with E-state index in [-0.39, 0.29) is 11.3 Å². The first-order chi connectivity index (χ1) is 13.7. The summed E-state index contributed by atoms with van der Waals surface area (Å²) in [6.45, 7) is -2.23. The maximum atomic E-state index is 12.5. The summed E-state index contributed by atoms with van der Waals surface area (Å²) >= 11 is 0. The normalized spacial score (nSPS) is 18.8. The summed E-state index contributed by atoms with van der Waals surface area (Å²) in [6, 6.07) is 4.28. The summed E-state index contributed by atoms with van der Waals surface area (Å²) in [4.78, 5) is 49.9. The molecule has 29 heavy (non-hydrogen) atoms. The number of rotatable bonds is 7. The number of nitrogens with zero attached hydrogens (tertiary/aromatic N) is 1. The van der Waals surface area contributed by atoms with Crippen molar-refractivity contribution in [3.63, 3.8) is 0 Å². The highest BCUT2D eigenvalue weighted by molar-refractivity contribution is 6.09. The van der Waals surface area contributed by atoms with E-state index in [0.717, 1.165) is 17.7 Å². The van der Waals surface area contributed by atoms with Crippen LogP contribution in [-0.4, -0.2) is 53.4 Å². The molecule has 3 rings (SSSR count). The number of benzene rings is 1. The van der Waals surface area contributed by atoms with Crippen molar-refractivity contribution < 1.29 is 37.4 Å². The van der Waals surface area contributed by atoms with Gasteiger partial charge in [-0.05, 0) is 44.0 Å². The van der Waals surface area contributed by atoms with Gasteiger partial charge >= 0.3 is 18.6 Å². The fourth-order valence-electron chi connectivity index (χ4n) is 3.59. The molecule has 2 aliphatic rings. The molecular formula is C19H20F2N2O6. The van der Waals surface area contributed by atoms with E-state index in [2.05, 4.69) is 10.1 Å². The summed E-state index contributed by atoms with van der Waals surface area (Å²) in [5.41, 5.74) is -0.798. The fraction of sp³-hybridized carbons (Fsp3) is 0.474. The van der Waals surface area contributed by atoms with E-state index in [1.165, 1.54) is 31.2 Å². The molecule has 10 heteroatoms. The minimum atomic E-state index is -2.98. The van der Waals surface area contributed by atoms with Crippen LogP contribution in [0.2, 0.25) is 0 Å². The summed E-state index contributed by atoms with van der Waals surface area (Å²) in [5.74, 6) is -2.03. The number of hydrogen-bond donors (Lipinski definition) is 1. The van der Waals surface area contributed by atoms with Crippen LogP contribution < -0.4 is 10.1 Å². The van der Waals surface area contributed by atoms with Crippen molar-refractivity contribution in [1.29, 1.82) is 0 Å². The van der Waals surface area contributed by atoms with Gasteiger partial charge in [0.1, 0.15) is 17.8 Å². The van der Waals surface area contributed by atoms with E-state index in [0.29, 0.717) is 12.8 Å². The average molecular weight is 410 g/mol. The Balaban J connectivity index is 1.57. The van der Waals surface area contributed by atoms with Crippen LogP contribution in [0.1, 0.15) is 43.0 Å². The van der Waals surface area contributed by atoms with Crippen molar-refractivity contribution in [2.45, 2.75) is 50.9 Å². The van der Waals surface area contributed by atoms with Gasteiger partial charge in [0, 0.05) is 5.56 Å². The minimum absolute atomic E-state index is 0.111. The molecule has 1 heterocycles. The van der Waals surface area contributed by atoms with Gasteiger partial charge in [-0.2, -0.15) is 8.78 Å². The van der Waals surface area contributed by atoms with Crippen molar-refractivity contribution in [3.8, 4) is 5.75 Å². The molecule has 1 saturated carbocycles. The van der Waals surface area contributed by atoms with Crippen LogP contribution >= 0.6 is 0 Å². The van der Waals surface area contributed by atoms with Crippen molar-refractivity contribution in [1.82, 2.24) is 10.2 Å². The number of amides is 3. The Kier molecular flexibility index (Phi) is 5.81. The number of carbonyl (C=O) groups is 4. The third-order valence-corrected chi connectivity index (χ3v) is 5.03. The number of halogens is 2. The molecule has 3 amide bonds. The van der Waals surface area contributed by atoms with E-state index in [1.807, 2.05) is 0 Å². The van der Waals surface area contributed by atoms with Crippen LogP contribution in [0.3, 0.4) is 0 Å². The first kappa shape index (κ1) is 20.7. The quantitative estimate of drug-likeness (QED) is 0.420. The van der Waals surface area contributed by atoms with Crippen molar-refractivity contribution in [2.75, 3.05) is 6.54 Å². The first-order valence-corrected chi connectivity index (χ1v) is 9.14. The third kappa shape index (κ3) is 4.36. The molecule has 1 aromatic carbocycles. The monoisotopic (exact) mass is 410 g/mol. The Morgan fingerprint density at radius 2 is 1.79 bits per heavy atom. The number of carbonyl (C=O) groups excluding carboxylic acids is 4. The number of hydrogen-bond acceptors (Lipinski definition) is 6. The van der Waals surface area contributed by atoms with Crippen LogP contribution in [0.5, 0.6) is 5.75 Å². The second-order valence-electron chi connectivity index (χ2n) is 7.01. The van der Waals surface area contributed by atoms with Crippen LogP contribution in [-0.2, 0) is 14.3 Å². The molecule has 1 aliphatic carbocycles. The summed E-state index contributed by atoms with van der Waals surface area (Å²) in [6.07, 6.45) is 1.51. The number of urea groups is 1. The molecular weight excluding hydrogens is 390 g/mol.